The summed E-state index contributed by atoms with van der Waals surface area (Å²) in [5.41, 5.74) is 5.67. The summed E-state index contributed by atoms with van der Waals surface area (Å²) in [6.45, 7) is 8.64. The van der Waals surface area contributed by atoms with Crippen LogP contribution in [-0.2, 0) is 5.75 Å². The van der Waals surface area contributed by atoms with Crippen molar-refractivity contribution < 1.29 is 0 Å². The van der Waals surface area contributed by atoms with Crippen molar-refractivity contribution in [2.24, 2.45) is 0 Å². The predicted molar refractivity (Wildman–Crippen MR) is 62.3 cm³/mol. The molecular weight excluding hydrogens is 200 g/mol. The van der Waals surface area contributed by atoms with Crippen molar-refractivity contribution in [2.75, 3.05) is 5.73 Å². The van der Waals surface area contributed by atoms with Gasteiger partial charge in [0.15, 0.2) is 0 Å². The van der Waals surface area contributed by atoms with Crippen molar-refractivity contribution in [3.8, 4) is 0 Å². The van der Waals surface area contributed by atoms with Crippen LogP contribution in [0.2, 0.25) is 0 Å². The minimum atomic E-state index is 0.300. The summed E-state index contributed by atoms with van der Waals surface area (Å²) in [5, 5.41) is 1.13. The van der Waals surface area contributed by atoms with Gasteiger partial charge in [0, 0.05) is 15.4 Å². The lowest BCUT2D eigenvalue weighted by molar-refractivity contribution is 0.802. The normalized spacial score (nSPS) is 12.0. The van der Waals surface area contributed by atoms with Crippen molar-refractivity contribution in [1.82, 2.24) is 4.98 Å². The highest BCUT2D eigenvalue weighted by molar-refractivity contribution is 7.99. The number of aromatic nitrogens is 1. The monoisotopic (exact) mass is 216 g/mol. The Labute approximate surface area is 87.9 Å². The summed E-state index contributed by atoms with van der Waals surface area (Å²) >= 11 is 3.60. The molecule has 0 aliphatic rings. The molecule has 0 atom stereocenters. The lowest BCUT2D eigenvalue weighted by atomic mass is 10.3. The molecule has 4 heteroatoms. The Morgan fingerprint density at radius 2 is 2.08 bits per heavy atom. The number of nitrogens with two attached hydrogens (primary N) is 1. The number of hydrogen-bond acceptors (Lipinski definition) is 4. The summed E-state index contributed by atoms with van der Waals surface area (Å²) in [6, 6.07) is 0. The maximum Gasteiger partial charge on any atom is 0.137 e. The second-order valence-corrected chi connectivity index (χ2v) is 7.04. The van der Waals surface area contributed by atoms with Crippen LogP contribution in [0.15, 0.2) is 0 Å². The molecule has 0 bridgehead atoms. The van der Waals surface area contributed by atoms with E-state index in [0.717, 1.165) is 15.6 Å². The number of hydrogen-bond donors (Lipinski definition) is 1. The van der Waals surface area contributed by atoms with E-state index in [0.29, 0.717) is 10.6 Å². The van der Waals surface area contributed by atoms with Gasteiger partial charge in [-0.05, 0) is 6.92 Å². The molecule has 1 heterocycles. The number of nitrogens with zero attached hydrogens (tertiary/aromatic N) is 1. The van der Waals surface area contributed by atoms with Gasteiger partial charge in [0.1, 0.15) is 10.8 Å². The Hall–Kier alpha value is -0.220. The van der Waals surface area contributed by atoms with Gasteiger partial charge in [-0.15, -0.1) is 23.1 Å². The first-order chi connectivity index (χ1) is 5.88. The van der Waals surface area contributed by atoms with Gasteiger partial charge in [-0.1, -0.05) is 20.8 Å². The molecular formula is C9H16N2S2. The van der Waals surface area contributed by atoms with Gasteiger partial charge < -0.3 is 5.73 Å². The van der Waals surface area contributed by atoms with Crippen LogP contribution < -0.4 is 5.73 Å². The van der Waals surface area contributed by atoms with Crippen LogP contribution >= 0.6 is 23.1 Å². The fourth-order valence-corrected chi connectivity index (χ4v) is 2.49. The second kappa shape index (κ2) is 3.88. The zero-order valence-corrected chi connectivity index (χ0v) is 10.2. The molecule has 2 nitrogen and oxygen atoms in total. The van der Waals surface area contributed by atoms with Gasteiger partial charge in [0.25, 0.3) is 0 Å². The highest BCUT2D eigenvalue weighted by Crippen LogP contribution is 2.30. The molecule has 74 valence electrons. The molecule has 1 aromatic heterocycles. The quantitative estimate of drug-likeness (QED) is 0.825. The molecule has 0 saturated carbocycles. The first-order valence-electron chi connectivity index (χ1n) is 4.24. The number of thioether (sulfide) groups is 1. The number of nitrogen functional groups attached to an aromatic ring is 1. The van der Waals surface area contributed by atoms with Crippen molar-refractivity contribution in [2.45, 2.75) is 38.2 Å². The first kappa shape index (κ1) is 10.9. The minimum Gasteiger partial charge on any atom is -0.383 e. The van der Waals surface area contributed by atoms with E-state index in [4.69, 9.17) is 5.73 Å². The average Bonchev–Trinajstić information content (AvgIpc) is 2.27. The van der Waals surface area contributed by atoms with Gasteiger partial charge in [0.05, 0.1) is 0 Å². The van der Waals surface area contributed by atoms with E-state index in [1.807, 2.05) is 18.7 Å². The molecule has 0 unspecified atom stereocenters. The smallest absolute Gasteiger partial charge is 0.137 e. The van der Waals surface area contributed by atoms with Crippen LogP contribution in [0.5, 0.6) is 0 Å². The van der Waals surface area contributed by atoms with Crippen LogP contribution in [0.3, 0.4) is 0 Å². The maximum atomic E-state index is 5.67. The van der Waals surface area contributed by atoms with Crippen LogP contribution in [-0.4, -0.2) is 9.73 Å². The third-order valence-corrected chi connectivity index (χ3v) is 3.96. The highest BCUT2D eigenvalue weighted by Gasteiger charge is 2.12. The number of anilines is 1. The Morgan fingerprint density at radius 1 is 1.46 bits per heavy atom. The standard InChI is InChI=1S/C9H16N2S2/c1-6-8(10)11-7(13-6)5-12-9(2,3)4/h5,10H2,1-4H3. The van der Waals surface area contributed by atoms with Gasteiger partial charge in [0.2, 0.25) is 0 Å². The Bertz CT molecular complexity index is 267. The molecule has 0 saturated heterocycles. The van der Waals surface area contributed by atoms with Gasteiger partial charge in [-0.25, -0.2) is 4.98 Å². The van der Waals surface area contributed by atoms with E-state index in [9.17, 15) is 0 Å². The van der Waals surface area contributed by atoms with E-state index >= 15 is 0 Å². The van der Waals surface area contributed by atoms with Crippen LogP contribution in [0.1, 0.15) is 30.7 Å². The number of aryl methyl sites for hydroxylation is 1. The summed E-state index contributed by atoms with van der Waals surface area (Å²) < 4.78 is 0.300. The van der Waals surface area contributed by atoms with E-state index in [-0.39, 0.29) is 0 Å². The molecule has 0 radical (unpaired) electrons. The molecule has 0 spiro atoms. The number of rotatable bonds is 2. The van der Waals surface area contributed by atoms with Crippen molar-refractivity contribution in [1.29, 1.82) is 0 Å². The Morgan fingerprint density at radius 3 is 2.46 bits per heavy atom. The molecule has 0 aromatic carbocycles. The van der Waals surface area contributed by atoms with E-state index < -0.39 is 0 Å². The lowest BCUT2D eigenvalue weighted by Gasteiger charge is -2.15. The zero-order valence-electron chi connectivity index (χ0n) is 8.55. The first-order valence-corrected chi connectivity index (χ1v) is 6.04. The third kappa shape index (κ3) is 3.56. The Kier molecular flexibility index (Phi) is 3.24. The third-order valence-electron chi connectivity index (χ3n) is 1.51. The molecule has 0 aliphatic carbocycles. The lowest BCUT2D eigenvalue weighted by Crippen LogP contribution is -2.07. The molecule has 1 rings (SSSR count). The van der Waals surface area contributed by atoms with Crippen molar-refractivity contribution in [3.05, 3.63) is 9.88 Å². The van der Waals surface area contributed by atoms with E-state index in [1.54, 1.807) is 11.3 Å². The predicted octanol–water partition coefficient (Wildman–Crippen LogP) is 3.07. The summed E-state index contributed by atoms with van der Waals surface area (Å²) in [6.07, 6.45) is 0. The topological polar surface area (TPSA) is 38.9 Å². The minimum absolute atomic E-state index is 0.300. The average molecular weight is 216 g/mol. The summed E-state index contributed by atoms with van der Waals surface area (Å²) in [4.78, 5) is 5.42. The van der Waals surface area contributed by atoms with Gasteiger partial charge in [-0.3, -0.25) is 0 Å². The van der Waals surface area contributed by atoms with Crippen molar-refractivity contribution in [3.63, 3.8) is 0 Å². The van der Waals surface area contributed by atoms with Crippen LogP contribution in [0.25, 0.3) is 0 Å². The van der Waals surface area contributed by atoms with Crippen LogP contribution in [0.4, 0.5) is 5.82 Å². The van der Waals surface area contributed by atoms with E-state index in [2.05, 4.69) is 25.8 Å². The highest BCUT2D eigenvalue weighted by atomic mass is 32.2. The number of thiazole rings is 1. The van der Waals surface area contributed by atoms with Crippen LogP contribution in [0, 0.1) is 6.92 Å². The molecule has 0 aliphatic heterocycles. The zero-order chi connectivity index (χ0) is 10.1. The van der Waals surface area contributed by atoms with Gasteiger partial charge >= 0.3 is 0 Å². The second-order valence-electron chi connectivity index (χ2n) is 3.95. The maximum absolute atomic E-state index is 5.67. The van der Waals surface area contributed by atoms with Gasteiger partial charge in [-0.2, -0.15) is 0 Å². The SMILES string of the molecule is Cc1sc(CSC(C)(C)C)nc1N. The fourth-order valence-electron chi connectivity index (χ4n) is 0.805. The fraction of sp³-hybridized carbons (Fsp3) is 0.667. The molecule has 13 heavy (non-hydrogen) atoms. The van der Waals surface area contributed by atoms with E-state index in [1.165, 1.54) is 0 Å². The summed E-state index contributed by atoms with van der Waals surface area (Å²) in [7, 11) is 0. The van der Waals surface area contributed by atoms with Crippen molar-refractivity contribution >= 4 is 28.9 Å². The molecule has 1 aromatic rings. The largest absolute Gasteiger partial charge is 0.383 e. The molecule has 0 amide bonds. The summed E-state index contributed by atoms with van der Waals surface area (Å²) in [5.74, 6) is 1.65. The Balaban J connectivity index is 2.56. The molecule has 0 fully saturated rings. The molecule has 2 N–H and O–H groups in total.